The summed E-state index contributed by atoms with van der Waals surface area (Å²) in [6.45, 7) is 0. The van der Waals surface area contributed by atoms with Gasteiger partial charge in [0, 0.05) is 15.6 Å². The van der Waals surface area contributed by atoms with Crippen molar-refractivity contribution in [3.63, 3.8) is 0 Å². The third-order valence-corrected chi connectivity index (χ3v) is 8.75. The van der Waals surface area contributed by atoms with Crippen molar-refractivity contribution in [3.8, 4) is 0 Å². The largest absolute Gasteiger partial charge is 0.0880 e. The molecule has 0 heterocycles. The van der Waals surface area contributed by atoms with Crippen molar-refractivity contribution >= 4 is 78.3 Å². The van der Waals surface area contributed by atoms with Crippen LogP contribution in [0.25, 0.3) is 0 Å². The Morgan fingerprint density at radius 3 is 1.44 bits per heavy atom. The van der Waals surface area contributed by atoms with E-state index in [-0.39, 0.29) is 0 Å². The van der Waals surface area contributed by atoms with Gasteiger partial charge in [-0.1, -0.05) is 78.3 Å². The van der Waals surface area contributed by atoms with Gasteiger partial charge in [0.25, 0.3) is 0 Å². The molecule has 0 amide bonds. The third-order valence-electron chi connectivity index (χ3n) is 4.56. The van der Waals surface area contributed by atoms with Gasteiger partial charge in [0.15, 0.2) is 0 Å². The summed E-state index contributed by atoms with van der Waals surface area (Å²) >= 11 is 32.8. The van der Waals surface area contributed by atoms with Gasteiger partial charge in [-0.05, 0) is 28.9 Å². The van der Waals surface area contributed by atoms with Crippen LogP contribution in [0.2, 0.25) is 20.1 Å². The molecule has 0 aromatic heterocycles. The molecule has 0 saturated heterocycles. The highest BCUT2D eigenvalue weighted by Crippen LogP contribution is 2.77. The van der Waals surface area contributed by atoms with E-state index in [9.17, 15) is 0 Å². The number of alkyl halides is 2. The minimum absolute atomic E-state index is 0.333. The van der Waals surface area contributed by atoms with E-state index in [4.69, 9.17) is 46.4 Å². The molecule has 5 rings (SSSR count). The van der Waals surface area contributed by atoms with E-state index >= 15 is 0 Å². The van der Waals surface area contributed by atoms with Crippen molar-refractivity contribution in [2.75, 3.05) is 0 Å². The first kappa shape index (κ1) is 13.0. The molecular weight excluding hydrogens is 446 g/mol. The quantitative estimate of drug-likeness (QED) is 0.248. The normalized spacial score (nSPS) is 43.0. The van der Waals surface area contributed by atoms with Crippen LogP contribution in [-0.2, 0) is 0 Å². The molecule has 6 heteroatoms. The molecule has 0 nitrogen and oxygen atoms in total. The SMILES string of the molecule is Clc1c(Cl)c(Cl)c2c(c1Cl)C1[C@@H]3C(Br)C2[C@H](Br)[C@H]13. The number of hydrogen-bond acceptors (Lipinski definition) is 0. The Labute approximate surface area is 142 Å². The molecule has 2 fully saturated rings. The summed E-state index contributed by atoms with van der Waals surface area (Å²) in [7, 11) is 0. The molecule has 0 radical (unpaired) electrons. The van der Waals surface area contributed by atoms with E-state index in [0.29, 0.717) is 53.4 Å². The summed E-state index contributed by atoms with van der Waals surface area (Å²) in [6, 6.07) is 0. The van der Waals surface area contributed by atoms with Crippen molar-refractivity contribution < 1.29 is 0 Å². The van der Waals surface area contributed by atoms with Crippen LogP contribution in [-0.4, -0.2) is 9.65 Å². The van der Waals surface area contributed by atoms with Crippen LogP contribution in [0.15, 0.2) is 0 Å². The summed E-state index contributed by atoms with van der Waals surface area (Å²) in [4.78, 5) is 0.908. The van der Waals surface area contributed by atoms with Crippen molar-refractivity contribution in [1.29, 1.82) is 0 Å². The predicted octanol–water partition coefficient (Wildman–Crippen LogP) is 6.27. The zero-order chi connectivity index (χ0) is 12.9. The molecule has 96 valence electrons. The van der Waals surface area contributed by atoms with Gasteiger partial charge in [-0.15, -0.1) is 0 Å². The van der Waals surface area contributed by atoms with Crippen LogP contribution in [0, 0.1) is 11.8 Å². The van der Waals surface area contributed by atoms with Gasteiger partial charge in [0.05, 0.1) is 20.1 Å². The minimum atomic E-state index is 0.333. The van der Waals surface area contributed by atoms with Crippen LogP contribution < -0.4 is 0 Å². The van der Waals surface area contributed by atoms with E-state index in [1.54, 1.807) is 0 Å². The average Bonchev–Trinajstić information content (AvgIpc) is 3.04. The van der Waals surface area contributed by atoms with Crippen LogP contribution in [0.3, 0.4) is 0 Å². The molecule has 4 aliphatic rings. The van der Waals surface area contributed by atoms with Crippen LogP contribution >= 0.6 is 78.3 Å². The maximum atomic E-state index is 6.41. The van der Waals surface area contributed by atoms with E-state index < -0.39 is 0 Å². The average molecular weight is 452 g/mol. The number of rotatable bonds is 0. The molecule has 0 spiro atoms. The second-order valence-corrected chi connectivity index (χ2v) is 8.80. The van der Waals surface area contributed by atoms with E-state index in [0.717, 1.165) is 11.1 Å². The molecule has 3 unspecified atom stereocenters. The molecule has 18 heavy (non-hydrogen) atoms. The molecule has 4 bridgehead atoms. The van der Waals surface area contributed by atoms with Gasteiger partial charge < -0.3 is 0 Å². The fourth-order valence-corrected chi connectivity index (χ4v) is 7.95. The highest BCUT2D eigenvalue weighted by molar-refractivity contribution is 9.10. The monoisotopic (exact) mass is 448 g/mol. The van der Waals surface area contributed by atoms with E-state index in [1.165, 1.54) is 0 Å². The highest BCUT2D eigenvalue weighted by atomic mass is 79.9. The Bertz CT molecular complexity index is 568. The standard InChI is InChI=1S/C12H6Br2Cl4/c13-7-2-1-3(2)8(14)6(7)5-4(1)9(15)11(17)12(18)10(5)16/h1-3,6-8H/t1?,2-,3+,6?,7-,8?/m1/s1. The maximum absolute atomic E-state index is 6.41. The summed E-state index contributed by atoms with van der Waals surface area (Å²) in [5, 5.41) is 1.95. The second-order valence-electron chi connectivity index (χ2n) is 5.18. The van der Waals surface area contributed by atoms with E-state index in [2.05, 4.69) is 31.9 Å². The molecule has 1 aromatic carbocycles. The Morgan fingerprint density at radius 1 is 0.611 bits per heavy atom. The minimum Gasteiger partial charge on any atom is -0.0880 e. The zero-order valence-electron chi connectivity index (χ0n) is 8.73. The predicted molar refractivity (Wildman–Crippen MR) is 84.4 cm³/mol. The Morgan fingerprint density at radius 2 is 1.00 bits per heavy atom. The van der Waals surface area contributed by atoms with Gasteiger partial charge in [0.2, 0.25) is 0 Å². The molecule has 1 aromatic rings. The number of benzene rings is 1. The lowest BCUT2D eigenvalue weighted by atomic mass is 9.79. The Balaban J connectivity index is 2.06. The van der Waals surface area contributed by atoms with Crippen LogP contribution in [0.1, 0.15) is 23.0 Å². The zero-order valence-corrected chi connectivity index (χ0v) is 14.9. The summed E-state index contributed by atoms with van der Waals surface area (Å²) in [6.07, 6.45) is 0. The molecule has 2 saturated carbocycles. The van der Waals surface area contributed by atoms with E-state index in [1.807, 2.05) is 0 Å². The van der Waals surface area contributed by atoms with Crippen molar-refractivity contribution in [1.82, 2.24) is 0 Å². The van der Waals surface area contributed by atoms with Crippen molar-refractivity contribution in [2.24, 2.45) is 11.8 Å². The first-order chi connectivity index (χ1) is 8.46. The molecule has 6 atom stereocenters. The molecular formula is C12H6Br2Cl4. The van der Waals surface area contributed by atoms with Gasteiger partial charge in [-0.3, -0.25) is 0 Å². The molecule has 4 aliphatic carbocycles. The van der Waals surface area contributed by atoms with Gasteiger partial charge in [0.1, 0.15) is 0 Å². The van der Waals surface area contributed by atoms with Crippen LogP contribution in [0.4, 0.5) is 0 Å². The lowest BCUT2D eigenvalue weighted by Gasteiger charge is -2.34. The Hall–Kier alpha value is 1.34. The lowest BCUT2D eigenvalue weighted by molar-refractivity contribution is 0.580. The summed E-state index contributed by atoms with van der Waals surface area (Å²) < 4.78 is 0. The molecule has 0 N–H and O–H groups in total. The number of hydrogen-bond donors (Lipinski definition) is 0. The van der Waals surface area contributed by atoms with Gasteiger partial charge in [-0.2, -0.15) is 0 Å². The van der Waals surface area contributed by atoms with Crippen molar-refractivity contribution in [3.05, 3.63) is 31.2 Å². The Kier molecular flexibility index (Phi) is 2.86. The fourth-order valence-electron chi connectivity index (χ4n) is 3.86. The first-order valence-electron chi connectivity index (χ1n) is 5.60. The fraction of sp³-hybridized carbons (Fsp3) is 0.500. The smallest absolute Gasteiger partial charge is 0.0796 e. The highest BCUT2D eigenvalue weighted by Gasteiger charge is 2.71. The van der Waals surface area contributed by atoms with Gasteiger partial charge >= 0.3 is 0 Å². The third kappa shape index (κ3) is 1.31. The molecule has 0 aliphatic heterocycles. The topological polar surface area (TPSA) is 0 Å². The number of halogens is 6. The second kappa shape index (κ2) is 3.96. The van der Waals surface area contributed by atoms with Crippen molar-refractivity contribution in [2.45, 2.75) is 21.5 Å². The summed E-state index contributed by atoms with van der Waals surface area (Å²) in [5.41, 5.74) is 2.23. The maximum Gasteiger partial charge on any atom is 0.0796 e. The van der Waals surface area contributed by atoms with Crippen LogP contribution in [0.5, 0.6) is 0 Å². The lowest BCUT2D eigenvalue weighted by Crippen LogP contribution is -2.27. The first-order valence-corrected chi connectivity index (χ1v) is 8.95. The van der Waals surface area contributed by atoms with Gasteiger partial charge in [-0.25, -0.2) is 0 Å². The summed E-state index contributed by atoms with van der Waals surface area (Å²) in [5.74, 6) is 2.11.